The monoisotopic (exact) mass is 245 g/mol. The second-order valence-corrected chi connectivity index (χ2v) is 4.63. The summed E-state index contributed by atoms with van der Waals surface area (Å²) in [6.07, 6.45) is 3.50. The van der Waals surface area contributed by atoms with Crippen LogP contribution in [0.15, 0.2) is 0 Å². The number of hydrogen-bond donors (Lipinski definition) is 1. The van der Waals surface area contributed by atoms with E-state index in [1.165, 1.54) is 0 Å². The van der Waals surface area contributed by atoms with Gasteiger partial charge in [-0.3, -0.25) is 4.90 Å². The molecule has 1 unspecified atom stereocenters. The number of methoxy groups -OCH3 is 1. The molecule has 0 heterocycles. The van der Waals surface area contributed by atoms with Crippen LogP contribution >= 0.6 is 0 Å². The molecule has 3 heteroatoms. The Hall–Kier alpha value is -0.120. The number of aliphatic hydroxyl groups is 1. The third-order valence-electron chi connectivity index (χ3n) is 4.06. The van der Waals surface area contributed by atoms with E-state index in [1.807, 2.05) is 0 Å². The minimum atomic E-state index is -0.257. The van der Waals surface area contributed by atoms with Crippen molar-refractivity contribution in [2.24, 2.45) is 0 Å². The molecule has 0 spiro atoms. The molecular formula is C14H31NO2. The average Bonchev–Trinajstić information content (AvgIpc) is 2.36. The van der Waals surface area contributed by atoms with Crippen LogP contribution in [0.3, 0.4) is 0 Å². The summed E-state index contributed by atoms with van der Waals surface area (Å²) in [5.74, 6) is 0. The Kier molecular flexibility index (Phi) is 8.83. The van der Waals surface area contributed by atoms with Crippen molar-refractivity contribution in [3.8, 4) is 0 Å². The third kappa shape index (κ3) is 4.23. The van der Waals surface area contributed by atoms with Crippen LogP contribution in [0.5, 0.6) is 0 Å². The predicted octanol–water partition coefficient (Wildman–Crippen LogP) is 2.67. The molecule has 0 aromatic heterocycles. The third-order valence-corrected chi connectivity index (χ3v) is 4.06. The molecule has 0 aliphatic heterocycles. The van der Waals surface area contributed by atoms with Crippen LogP contribution < -0.4 is 0 Å². The van der Waals surface area contributed by atoms with E-state index in [2.05, 4.69) is 32.6 Å². The molecule has 104 valence electrons. The number of ether oxygens (including phenoxy) is 1. The molecular weight excluding hydrogens is 214 g/mol. The number of aliphatic hydroxyl groups excluding tert-OH is 1. The van der Waals surface area contributed by atoms with Gasteiger partial charge >= 0.3 is 0 Å². The van der Waals surface area contributed by atoms with Crippen LogP contribution in [0.1, 0.15) is 53.4 Å². The molecule has 0 saturated carbocycles. The van der Waals surface area contributed by atoms with E-state index in [9.17, 15) is 5.11 Å². The molecule has 1 atom stereocenters. The predicted molar refractivity (Wildman–Crippen MR) is 73.4 cm³/mol. The highest BCUT2D eigenvalue weighted by molar-refractivity contribution is 4.94. The summed E-state index contributed by atoms with van der Waals surface area (Å²) in [4.78, 5) is 2.41. The Morgan fingerprint density at radius 3 is 2.00 bits per heavy atom. The summed E-state index contributed by atoms with van der Waals surface area (Å²) in [6, 6.07) is 0. The van der Waals surface area contributed by atoms with Crippen LogP contribution in [0.25, 0.3) is 0 Å². The van der Waals surface area contributed by atoms with E-state index in [4.69, 9.17) is 4.74 Å². The standard InChI is InChI=1S/C14H31NO2/c1-6-14(7-2,15(8-3)9-4)13(16)11-10-12-17-5/h13,16H,6-12H2,1-5H3. The number of rotatable bonds is 10. The second-order valence-electron chi connectivity index (χ2n) is 4.63. The largest absolute Gasteiger partial charge is 0.391 e. The maximum absolute atomic E-state index is 10.5. The lowest BCUT2D eigenvalue weighted by atomic mass is 9.82. The molecule has 0 aromatic carbocycles. The summed E-state index contributed by atoms with van der Waals surface area (Å²) in [6.45, 7) is 11.4. The van der Waals surface area contributed by atoms with Gasteiger partial charge in [-0.1, -0.05) is 27.7 Å². The number of hydrogen-bond acceptors (Lipinski definition) is 3. The fraction of sp³-hybridized carbons (Fsp3) is 1.00. The fourth-order valence-corrected chi connectivity index (χ4v) is 2.92. The SMILES string of the molecule is CCN(CC)C(CC)(CC)C(O)CCCOC. The summed E-state index contributed by atoms with van der Waals surface area (Å²) in [5, 5.41) is 10.5. The van der Waals surface area contributed by atoms with Crippen molar-refractivity contribution in [1.29, 1.82) is 0 Å². The van der Waals surface area contributed by atoms with Gasteiger partial charge in [0.1, 0.15) is 0 Å². The van der Waals surface area contributed by atoms with Crippen LogP contribution in [0, 0.1) is 0 Å². The van der Waals surface area contributed by atoms with Gasteiger partial charge < -0.3 is 9.84 Å². The molecule has 0 aromatic rings. The molecule has 17 heavy (non-hydrogen) atoms. The normalized spacial score (nSPS) is 14.3. The van der Waals surface area contributed by atoms with E-state index in [0.717, 1.165) is 45.4 Å². The lowest BCUT2D eigenvalue weighted by Crippen LogP contribution is -2.56. The summed E-state index contributed by atoms with van der Waals surface area (Å²) < 4.78 is 5.06. The quantitative estimate of drug-likeness (QED) is 0.601. The molecule has 0 saturated heterocycles. The highest BCUT2D eigenvalue weighted by atomic mass is 16.5. The summed E-state index contributed by atoms with van der Waals surface area (Å²) >= 11 is 0. The zero-order valence-corrected chi connectivity index (χ0v) is 12.3. The molecule has 3 nitrogen and oxygen atoms in total. The minimum absolute atomic E-state index is 0.0583. The van der Waals surface area contributed by atoms with Crippen molar-refractivity contribution >= 4 is 0 Å². The maximum Gasteiger partial charge on any atom is 0.0724 e. The zero-order valence-electron chi connectivity index (χ0n) is 12.3. The van der Waals surface area contributed by atoms with E-state index < -0.39 is 0 Å². The van der Waals surface area contributed by atoms with Crippen molar-refractivity contribution in [3.63, 3.8) is 0 Å². The Balaban J connectivity index is 4.66. The van der Waals surface area contributed by atoms with E-state index in [-0.39, 0.29) is 11.6 Å². The number of likely N-dealkylation sites (N-methyl/N-ethyl adjacent to an activating group) is 1. The van der Waals surface area contributed by atoms with Gasteiger partial charge in [0.05, 0.1) is 6.10 Å². The van der Waals surface area contributed by atoms with E-state index in [0.29, 0.717) is 0 Å². The van der Waals surface area contributed by atoms with Crippen LogP contribution in [0.4, 0.5) is 0 Å². The van der Waals surface area contributed by atoms with Crippen molar-refractivity contribution in [1.82, 2.24) is 4.90 Å². The highest BCUT2D eigenvalue weighted by Crippen LogP contribution is 2.30. The van der Waals surface area contributed by atoms with Gasteiger partial charge in [-0.25, -0.2) is 0 Å². The lowest BCUT2D eigenvalue weighted by Gasteiger charge is -2.46. The Bertz CT molecular complexity index is 177. The van der Waals surface area contributed by atoms with E-state index in [1.54, 1.807) is 7.11 Å². The Morgan fingerprint density at radius 1 is 1.12 bits per heavy atom. The minimum Gasteiger partial charge on any atom is -0.391 e. The zero-order chi connectivity index (χ0) is 13.3. The van der Waals surface area contributed by atoms with Gasteiger partial charge in [0.25, 0.3) is 0 Å². The maximum atomic E-state index is 10.5. The van der Waals surface area contributed by atoms with Gasteiger partial charge in [-0.2, -0.15) is 0 Å². The first-order valence-corrected chi connectivity index (χ1v) is 7.04. The molecule has 1 N–H and O–H groups in total. The summed E-state index contributed by atoms with van der Waals surface area (Å²) in [7, 11) is 1.71. The van der Waals surface area contributed by atoms with Gasteiger partial charge in [0.2, 0.25) is 0 Å². The van der Waals surface area contributed by atoms with Gasteiger partial charge in [0, 0.05) is 19.3 Å². The molecule has 0 fully saturated rings. The fourth-order valence-electron chi connectivity index (χ4n) is 2.92. The topological polar surface area (TPSA) is 32.7 Å². The molecule has 0 rings (SSSR count). The van der Waals surface area contributed by atoms with Crippen molar-refractivity contribution in [2.45, 2.75) is 65.0 Å². The van der Waals surface area contributed by atoms with Crippen molar-refractivity contribution in [2.75, 3.05) is 26.8 Å². The molecule has 0 amide bonds. The van der Waals surface area contributed by atoms with Crippen molar-refractivity contribution in [3.05, 3.63) is 0 Å². The molecule has 0 bridgehead atoms. The first kappa shape index (κ1) is 16.9. The Morgan fingerprint density at radius 2 is 1.65 bits per heavy atom. The first-order chi connectivity index (χ1) is 8.12. The number of nitrogens with zero attached hydrogens (tertiary/aromatic N) is 1. The van der Waals surface area contributed by atoms with Crippen LogP contribution in [0.2, 0.25) is 0 Å². The summed E-state index contributed by atoms with van der Waals surface area (Å²) in [5.41, 5.74) is -0.0583. The first-order valence-electron chi connectivity index (χ1n) is 7.04. The lowest BCUT2D eigenvalue weighted by molar-refractivity contribution is -0.0413. The van der Waals surface area contributed by atoms with Gasteiger partial charge in [-0.15, -0.1) is 0 Å². The smallest absolute Gasteiger partial charge is 0.0724 e. The molecule has 0 aliphatic rings. The van der Waals surface area contributed by atoms with E-state index >= 15 is 0 Å². The Labute approximate surface area is 107 Å². The van der Waals surface area contributed by atoms with Crippen LogP contribution in [-0.4, -0.2) is 48.5 Å². The second kappa shape index (κ2) is 8.90. The molecule has 0 radical (unpaired) electrons. The molecule has 0 aliphatic carbocycles. The average molecular weight is 245 g/mol. The van der Waals surface area contributed by atoms with Crippen molar-refractivity contribution < 1.29 is 9.84 Å². The highest BCUT2D eigenvalue weighted by Gasteiger charge is 2.38. The van der Waals surface area contributed by atoms with Crippen LogP contribution in [-0.2, 0) is 4.74 Å². The van der Waals surface area contributed by atoms with Gasteiger partial charge in [-0.05, 0) is 38.8 Å². The van der Waals surface area contributed by atoms with Gasteiger partial charge in [0.15, 0.2) is 0 Å².